The van der Waals surface area contributed by atoms with Gasteiger partial charge in [0, 0.05) is 17.1 Å². The number of ether oxygens (including phenoxy) is 1. The lowest BCUT2D eigenvalue weighted by atomic mass is 10.3. The van der Waals surface area contributed by atoms with Gasteiger partial charge in [0.2, 0.25) is 0 Å². The Morgan fingerprint density at radius 1 is 1.53 bits per heavy atom. The van der Waals surface area contributed by atoms with E-state index in [9.17, 15) is 4.79 Å². The molecule has 0 fully saturated rings. The number of methoxy groups -OCH3 is 1. The number of thiazole rings is 1. The third-order valence-corrected chi connectivity index (χ3v) is 2.80. The maximum absolute atomic E-state index is 10.7. The van der Waals surface area contributed by atoms with Crippen LogP contribution in [0.3, 0.4) is 0 Å². The summed E-state index contributed by atoms with van der Waals surface area (Å²) >= 11 is 1.24. The van der Waals surface area contributed by atoms with Gasteiger partial charge in [0.1, 0.15) is 5.75 Å². The van der Waals surface area contributed by atoms with Gasteiger partial charge in [0.25, 0.3) is 0 Å². The molecule has 1 heterocycles. The molecule has 0 amide bonds. The number of aromatic carboxylic acids is 1. The first-order valence-corrected chi connectivity index (χ1v) is 5.67. The van der Waals surface area contributed by atoms with Gasteiger partial charge in [-0.15, -0.1) is 11.3 Å². The smallest absolute Gasteiger partial charge is 0.355 e. The Balaban J connectivity index is 2.16. The average Bonchev–Trinajstić information content (AvgIpc) is 2.78. The van der Waals surface area contributed by atoms with Crippen LogP contribution in [0.5, 0.6) is 5.75 Å². The molecule has 17 heavy (non-hydrogen) atoms. The summed E-state index contributed by atoms with van der Waals surface area (Å²) in [5.74, 6) is -0.301. The first-order chi connectivity index (χ1) is 8.19. The lowest BCUT2D eigenvalue weighted by Gasteiger charge is -2.04. The molecule has 0 unspecified atom stereocenters. The largest absolute Gasteiger partial charge is 0.497 e. The number of hydrogen-bond donors (Lipinski definition) is 2. The van der Waals surface area contributed by atoms with Crippen LogP contribution in [-0.2, 0) is 0 Å². The van der Waals surface area contributed by atoms with Gasteiger partial charge in [0.05, 0.1) is 7.11 Å². The maximum atomic E-state index is 10.7. The Morgan fingerprint density at radius 2 is 2.35 bits per heavy atom. The van der Waals surface area contributed by atoms with Gasteiger partial charge in [-0.1, -0.05) is 6.07 Å². The molecule has 5 nitrogen and oxygen atoms in total. The van der Waals surface area contributed by atoms with Crippen molar-refractivity contribution in [2.75, 3.05) is 12.4 Å². The van der Waals surface area contributed by atoms with Crippen LogP contribution < -0.4 is 10.1 Å². The minimum atomic E-state index is -1.03. The monoisotopic (exact) mass is 250 g/mol. The summed E-state index contributed by atoms with van der Waals surface area (Å²) in [5.41, 5.74) is 0.844. The fraction of sp³-hybridized carbons (Fsp3) is 0.0909. The highest BCUT2D eigenvalue weighted by Crippen LogP contribution is 2.23. The van der Waals surface area contributed by atoms with Crippen molar-refractivity contribution in [3.05, 3.63) is 35.3 Å². The third-order valence-electron chi connectivity index (χ3n) is 2.04. The highest BCUT2D eigenvalue weighted by molar-refractivity contribution is 7.14. The lowest BCUT2D eigenvalue weighted by Crippen LogP contribution is -1.97. The van der Waals surface area contributed by atoms with E-state index in [0.717, 1.165) is 11.4 Å². The molecule has 0 aliphatic carbocycles. The van der Waals surface area contributed by atoms with E-state index in [1.54, 1.807) is 7.11 Å². The molecule has 2 N–H and O–H groups in total. The van der Waals surface area contributed by atoms with Crippen molar-refractivity contribution in [1.29, 1.82) is 0 Å². The van der Waals surface area contributed by atoms with E-state index in [1.165, 1.54) is 16.7 Å². The number of carboxylic acids is 1. The van der Waals surface area contributed by atoms with Crippen LogP contribution in [-0.4, -0.2) is 23.2 Å². The molecule has 0 aliphatic rings. The fourth-order valence-electron chi connectivity index (χ4n) is 1.25. The molecule has 2 rings (SSSR count). The topological polar surface area (TPSA) is 71.5 Å². The van der Waals surface area contributed by atoms with Crippen molar-refractivity contribution in [3.8, 4) is 5.75 Å². The Kier molecular flexibility index (Phi) is 3.24. The number of nitrogens with one attached hydrogen (secondary N) is 1. The molecule has 88 valence electrons. The van der Waals surface area contributed by atoms with Crippen molar-refractivity contribution in [1.82, 2.24) is 4.98 Å². The number of hydrogen-bond acceptors (Lipinski definition) is 5. The molecule has 0 spiro atoms. The van der Waals surface area contributed by atoms with Gasteiger partial charge in [-0.05, 0) is 12.1 Å². The van der Waals surface area contributed by atoms with Crippen LogP contribution >= 0.6 is 11.3 Å². The number of nitrogens with zero attached hydrogens (tertiary/aromatic N) is 1. The van der Waals surface area contributed by atoms with E-state index in [-0.39, 0.29) is 5.69 Å². The molecule has 1 aromatic heterocycles. The highest BCUT2D eigenvalue weighted by Gasteiger charge is 2.08. The second-order valence-electron chi connectivity index (χ2n) is 3.20. The number of rotatable bonds is 4. The minimum absolute atomic E-state index is 0.0420. The number of benzene rings is 1. The molecule has 2 aromatic rings. The number of carboxylic acid groups (broad SMARTS) is 1. The Bertz CT molecular complexity index is 539. The van der Waals surface area contributed by atoms with E-state index in [2.05, 4.69) is 10.3 Å². The second-order valence-corrected chi connectivity index (χ2v) is 4.06. The maximum Gasteiger partial charge on any atom is 0.355 e. The normalized spacial score (nSPS) is 9.94. The zero-order chi connectivity index (χ0) is 12.3. The zero-order valence-corrected chi connectivity index (χ0v) is 9.82. The molecule has 1 aromatic carbocycles. The Labute approximate surface area is 102 Å². The van der Waals surface area contributed by atoms with Crippen LogP contribution in [0, 0.1) is 0 Å². The van der Waals surface area contributed by atoms with E-state index >= 15 is 0 Å². The van der Waals surface area contributed by atoms with Gasteiger partial charge in [-0.2, -0.15) is 0 Å². The molecular formula is C11H10N2O3S. The Morgan fingerprint density at radius 3 is 3.00 bits per heavy atom. The summed E-state index contributed by atoms with van der Waals surface area (Å²) in [6.07, 6.45) is 0. The van der Waals surface area contributed by atoms with Crippen LogP contribution in [0.25, 0.3) is 0 Å². The predicted molar refractivity (Wildman–Crippen MR) is 65.4 cm³/mol. The summed E-state index contributed by atoms with van der Waals surface area (Å²) in [7, 11) is 1.59. The van der Waals surface area contributed by atoms with Gasteiger partial charge in [0.15, 0.2) is 10.8 Å². The molecule has 6 heteroatoms. The molecule has 0 saturated heterocycles. The van der Waals surface area contributed by atoms with Crippen LogP contribution in [0.15, 0.2) is 29.6 Å². The van der Waals surface area contributed by atoms with Crippen molar-refractivity contribution in [2.45, 2.75) is 0 Å². The first-order valence-electron chi connectivity index (χ1n) is 4.79. The van der Waals surface area contributed by atoms with Gasteiger partial charge in [-0.25, -0.2) is 9.78 Å². The third kappa shape index (κ3) is 2.73. The summed E-state index contributed by atoms with van der Waals surface area (Å²) in [4.78, 5) is 14.6. The number of anilines is 2. The summed E-state index contributed by atoms with van der Waals surface area (Å²) in [6, 6.07) is 7.33. The van der Waals surface area contributed by atoms with Crippen LogP contribution in [0.1, 0.15) is 10.5 Å². The number of aromatic nitrogens is 1. The summed E-state index contributed by atoms with van der Waals surface area (Å²) in [5, 5.41) is 13.8. The SMILES string of the molecule is COc1cccc(Nc2nc(C(=O)O)cs2)c1. The van der Waals surface area contributed by atoms with E-state index in [4.69, 9.17) is 9.84 Å². The molecule has 0 bridgehead atoms. The van der Waals surface area contributed by atoms with Gasteiger partial charge < -0.3 is 15.2 Å². The van der Waals surface area contributed by atoms with E-state index < -0.39 is 5.97 Å². The predicted octanol–water partition coefficient (Wildman–Crippen LogP) is 2.59. The molecule has 0 atom stereocenters. The molecule has 0 aliphatic heterocycles. The van der Waals surface area contributed by atoms with Gasteiger partial charge >= 0.3 is 5.97 Å². The zero-order valence-electron chi connectivity index (χ0n) is 9.01. The average molecular weight is 250 g/mol. The second kappa shape index (κ2) is 4.84. The van der Waals surface area contributed by atoms with Crippen molar-refractivity contribution < 1.29 is 14.6 Å². The van der Waals surface area contributed by atoms with E-state index in [0.29, 0.717) is 5.13 Å². The van der Waals surface area contributed by atoms with Crippen LogP contribution in [0.2, 0.25) is 0 Å². The molecule has 0 radical (unpaired) electrons. The van der Waals surface area contributed by atoms with Crippen molar-refractivity contribution in [3.63, 3.8) is 0 Å². The summed E-state index contributed by atoms with van der Waals surface area (Å²) in [6.45, 7) is 0. The fourth-order valence-corrected chi connectivity index (χ4v) is 1.96. The van der Waals surface area contributed by atoms with E-state index in [1.807, 2.05) is 24.3 Å². The quantitative estimate of drug-likeness (QED) is 0.872. The standard InChI is InChI=1S/C11H10N2O3S/c1-16-8-4-2-3-7(5-8)12-11-13-9(6-17-11)10(14)15/h2-6H,1H3,(H,12,13)(H,14,15). The van der Waals surface area contributed by atoms with Gasteiger partial charge in [-0.3, -0.25) is 0 Å². The van der Waals surface area contributed by atoms with Crippen molar-refractivity contribution >= 4 is 28.1 Å². The molecular weight excluding hydrogens is 240 g/mol. The first kappa shape index (κ1) is 11.4. The summed E-state index contributed by atoms with van der Waals surface area (Å²) < 4.78 is 5.08. The van der Waals surface area contributed by atoms with Crippen LogP contribution in [0.4, 0.5) is 10.8 Å². The lowest BCUT2D eigenvalue weighted by molar-refractivity contribution is 0.0691. The highest BCUT2D eigenvalue weighted by atomic mass is 32.1. The minimum Gasteiger partial charge on any atom is -0.497 e. The number of carbonyl (C=O) groups is 1. The molecule has 0 saturated carbocycles. The Hall–Kier alpha value is -2.08. The van der Waals surface area contributed by atoms with Crippen molar-refractivity contribution in [2.24, 2.45) is 0 Å².